The molecule has 1 atom stereocenters. The average Bonchev–Trinajstić information content (AvgIpc) is 3.49. The number of amides is 2. The molecule has 11 heteroatoms. The number of urea groups is 1. The average molecular weight is 583 g/mol. The molecule has 0 aliphatic carbocycles. The highest BCUT2D eigenvalue weighted by Gasteiger charge is 2.43. The van der Waals surface area contributed by atoms with E-state index in [9.17, 15) is 23.1 Å². The number of nitrogens with zero attached hydrogens (tertiary/aromatic N) is 2. The van der Waals surface area contributed by atoms with Gasteiger partial charge in [0.05, 0.1) is 23.1 Å². The van der Waals surface area contributed by atoms with Gasteiger partial charge < -0.3 is 30.1 Å². The number of benzene rings is 3. The van der Waals surface area contributed by atoms with Crippen LogP contribution in [0.3, 0.4) is 0 Å². The maximum atomic E-state index is 12.9. The Kier molecular flexibility index (Phi) is 7.24. The lowest BCUT2D eigenvalue weighted by Gasteiger charge is -2.25. The van der Waals surface area contributed by atoms with Gasteiger partial charge in [-0.25, -0.2) is 9.79 Å². The number of hydrogen-bond donors (Lipinski definition) is 3. The molecule has 2 aliphatic rings. The number of para-hydroxylation sites is 2. The maximum absolute atomic E-state index is 12.9. The smallest absolute Gasteiger partial charge is 0.506 e. The Morgan fingerprint density at radius 3 is 2.38 bits per heavy atom. The van der Waals surface area contributed by atoms with Crippen molar-refractivity contribution in [2.75, 3.05) is 28.7 Å². The first-order valence-corrected chi connectivity index (χ1v) is 13.5. The molecule has 3 aromatic rings. The van der Waals surface area contributed by atoms with Gasteiger partial charge in [0.2, 0.25) is 5.90 Å². The van der Waals surface area contributed by atoms with Crippen LogP contribution in [0.2, 0.25) is 0 Å². The fourth-order valence-corrected chi connectivity index (χ4v) is 5.28. The van der Waals surface area contributed by atoms with Gasteiger partial charge in [0, 0.05) is 23.2 Å². The molecule has 8 nitrogen and oxygen atoms in total. The van der Waals surface area contributed by atoms with Crippen molar-refractivity contribution >= 4 is 34.7 Å². The number of aromatic hydroxyl groups is 1. The van der Waals surface area contributed by atoms with Crippen LogP contribution in [-0.2, 0) is 10.2 Å². The predicted octanol–water partition coefficient (Wildman–Crippen LogP) is 7.56. The van der Waals surface area contributed by atoms with E-state index in [0.717, 1.165) is 23.3 Å². The number of rotatable bonds is 5. The van der Waals surface area contributed by atoms with Crippen LogP contribution in [-0.4, -0.2) is 42.6 Å². The second kappa shape index (κ2) is 10.5. The Bertz CT molecular complexity index is 1530. The van der Waals surface area contributed by atoms with Crippen molar-refractivity contribution in [3.05, 3.63) is 71.8 Å². The minimum atomic E-state index is -4.81. The quantitative estimate of drug-likeness (QED) is 0.289. The minimum absolute atomic E-state index is 0.00868. The first kappa shape index (κ1) is 29.1. The Morgan fingerprint density at radius 1 is 1.05 bits per heavy atom. The SMILES string of the molecule is CC1(C)CN(c2ccccc2NC(=O)Nc2ccc(OC(F)(F)F)cc2)c2c(O)ccc(C3=NC(C(C)(C)C)CO3)c21. The highest BCUT2D eigenvalue weighted by molar-refractivity contribution is 6.04. The fraction of sp³-hybridized carbons (Fsp3) is 0.355. The highest BCUT2D eigenvalue weighted by Crippen LogP contribution is 2.52. The molecule has 42 heavy (non-hydrogen) atoms. The van der Waals surface area contributed by atoms with Crippen molar-refractivity contribution in [2.24, 2.45) is 10.4 Å². The number of hydrogen-bond acceptors (Lipinski definition) is 6. The molecule has 0 spiro atoms. The van der Waals surface area contributed by atoms with E-state index >= 15 is 0 Å². The number of ether oxygens (including phenoxy) is 2. The van der Waals surface area contributed by atoms with Gasteiger partial charge in [-0.1, -0.05) is 46.8 Å². The van der Waals surface area contributed by atoms with Gasteiger partial charge in [-0.15, -0.1) is 13.2 Å². The Morgan fingerprint density at radius 2 is 1.74 bits per heavy atom. The van der Waals surface area contributed by atoms with Gasteiger partial charge >= 0.3 is 12.4 Å². The van der Waals surface area contributed by atoms with Crippen LogP contribution in [0.5, 0.6) is 11.5 Å². The lowest BCUT2D eigenvalue weighted by Crippen LogP contribution is -2.27. The minimum Gasteiger partial charge on any atom is -0.506 e. The number of anilines is 4. The third-order valence-corrected chi connectivity index (χ3v) is 7.33. The predicted molar refractivity (Wildman–Crippen MR) is 156 cm³/mol. The van der Waals surface area contributed by atoms with Gasteiger partial charge in [-0.05, 0) is 59.5 Å². The van der Waals surface area contributed by atoms with Gasteiger partial charge in [0.1, 0.15) is 18.1 Å². The molecule has 0 saturated carbocycles. The van der Waals surface area contributed by atoms with Gasteiger partial charge in [-0.3, -0.25) is 0 Å². The number of fused-ring (bicyclic) bond motifs is 1. The summed E-state index contributed by atoms with van der Waals surface area (Å²) in [6.45, 7) is 11.5. The lowest BCUT2D eigenvalue weighted by atomic mass is 9.83. The zero-order valence-corrected chi connectivity index (χ0v) is 24.0. The molecule has 0 fully saturated rings. The number of phenols is 1. The number of carbonyl (C=O) groups is 1. The van der Waals surface area contributed by atoms with Crippen LogP contribution in [0, 0.1) is 5.41 Å². The molecule has 3 aromatic carbocycles. The molecule has 2 aliphatic heterocycles. The van der Waals surface area contributed by atoms with Gasteiger partial charge in [0.25, 0.3) is 0 Å². The monoisotopic (exact) mass is 582 g/mol. The van der Waals surface area contributed by atoms with Crippen molar-refractivity contribution in [2.45, 2.75) is 52.4 Å². The third kappa shape index (κ3) is 5.95. The number of nitrogens with one attached hydrogen (secondary N) is 2. The molecule has 0 bridgehead atoms. The maximum Gasteiger partial charge on any atom is 0.573 e. The van der Waals surface area contributed by atoms with E-state index in [1.807, 2.05) is 23.1 Å². The van der Waals surface area contributed by atoms with E-state index in [0.29, 0.717) is 36.1 Å². The number of aliphatic imine (C=N–C) groups is 1. The Labute approximate surface area is 242 Å². The first-order chi connectivity index (χ1) is 19.6. The van der Waals surface area contributed by atoms with Crippen molar-refractivity contribution in [1.82, 2.24) is 0 Å². The third-order valence-electron chi connectivity index (χ3n) is 7.33. The van der Waals surface area contributed by atoms with E-state index < -0.39 is 23.6 Å². The van der Waals surface area contributed by atoms with Crippen molar-refractivity contribution < 1.29 is 32.5 Å². The van der Waals surface area contributed by atoms with E-state index in [2.05, 4.69) is 50.0 Å². The standard InChI is InChI=1S/C31H33F3N4O4/c1-29(2,3)24-16-41-27(37-24)20-14-15-23(39)26-25(20)30(4,5)17-38(26)22-9-7-6-8-21(22)36-28(40)35-18-10-12-19(13-11-18)42-31(32,33)34/h6-15,24,39H,16-17H2,1-5H3,(H2,35,36,40). The van der Waals surface area contributed by atoms with Gasteiger partial charge in [-0.2, -0.15) is 0 Å². The number of halogens is 3. The molecule has 3 N–H and O–H groups in total. The summed E-state index contributed by atoms with van der Waals surface area (Å²) in [6.07, 6.45) is -4.81. The topological polar surface area (TPSA) is 95.4 Å². The largest absolute Gasteiger partial charge is 0.573 e. The summed E-state index contributed by atoms with van der Waals surface area (Å²) in [5.74, 6) is 0.250. The normalized spacial score (nSPS) is 17.8. The van der Waals surface area contributed by atoms with E-state index in [1.54, 1.807) is 18.2 Å². The fourth-order valence-electron chi connectivity index (χ4n) is 5.28. The van der Waals surface area contributed by atoms with Crippen LogP contribution in [0.4, 0.5) is 40.7 Å². The second-order valence-electron chi connectivity index (χ2n) is 12.1. The Balaban J connectivity index is 1.42. The van der Waals surface area contributed by atoms with Crippen LogP contribution in [0.1, 0.15) is 45.7 Å². The molecule has 2 heterocycles. The summed E-state index contributed by atoms with van der Waals surface area (Å²) in [5.41, 5.74) is 3.26. The second-order valence-corrected chi connectivity index (χ2v) is 12.1. The summed E-state index contributed by atoms with van der Waals surface area (Å²) >= 11 is 0. The zero-order valence-electron chi connectivity index (χ0n) is 24.0. The molecule has 0 aromatic heterocycles. The van der Waals surface area contributed by atoms with E-state index in [4.69, 9.17) is 9.73 Å². The van der Waals surface area contributed by atoms with Crippen molar-refractivity contribution in [1.29, 1.82) is 0 Å². The van der Waals surface area contributed by atoms with Crippen molar-refractivity contribution in [3.8, 4) is 11.5 Å². The van der Waals surface area contributed by atoms with E-state index in [-0.39, 0.29) is 22.9 Å². The summed E-state index contributed by atoms with van der Waals surface area (Å²) in [6, 6.07) is 14.9. The molecule has 222 valence electrons. The van der Waals surface area contributed by atoms with Crippen LogP contribution in [0.25, 0.3) is 0 Å². The molecule has 1 unspecified atom stereocenters. The molecule has 0 radical (unpaired) electrons. The first-order valence-electron chi connectivity index (χ1n) is 13.5. The molecule has 0 saturated heterocycles. The summed E-state index contributed by atoms with van der Waals surface area (Å²) in [5, 5.41) is 16.5. The molecular formula is C31H33F3N4O4. The van der Waals surface area contributed by atoms with Crippen LogP contribution >= 0.6 is 0 Å². The molecule has 5 rings (SSSR count). The number of phenolic OH excluding ortho intramolecular Hbond substituents is 1. The summed E-state index contributed by atoms with van der Waals surface area (Å²) in [7, 11) is 0. The number of carbonyl (C=O) groups excluding carboxylic acids is 1. The number of alkyl halides is 3. The van der Waals surface area contributed by atoms with Crippen LogP contribution in [0.15, 0.2) is 65.7 Å². The van der Waals surface area contributed by atoms with Crippen LogP contribution < -0.4 is 20.3 Å². The van der Waals surface area contributed by atoms with Crippen molar-refractivity contribution in [3.63, 3.8) is 0 Å². The zero-order chi connectivity index (χ0) is 30.4. The molecule has 2 amide bonds. The molecular weight excluding hydrogens is 549 g/mol. The van der Waals surface area contributed by atoms with E-state index in [1.165, 1.54) is 12.1 Å². The summed E-state index contributed by atoms with van der Waals surface area (Å²) in [4.78, 5) is 19.8. The lowest BCUT2D eigenvalue weighted by molar-refractivity contribution is -0.274. The van der Waals surface area contributed by atoms with Gasteiger partial charge in [0.15, 0.2) is 0 Å². The Hall–Kier alpha value is -4.41. The summed E-state index contributed by atoms with van der Waals surface area (Å²) < 4.78 is 47.3. The highest BCUT2D eigenvalue weighted by atomic mass is 19.4.